The van der Waals surface area contributed by atoms with Crippen molar-refractivity contribution in [3.63, 3.8) is 0 Å². The van der Waals surface area contributed by atoms with Crippen LogP contribution in [0.5, 0.6) is 0 Å². The van der Waals surface area contributed by atoms with Crippen molar-refractivity contribution < 1.29 is 4.79 Å². The second-order valence-corrected chi connectivity index (χ2v) is 6.48. The molecule has 0 saturated heterocycles. The molecule has 0 amide bonds. The number of ketones is 1. The summed E-state index contributed by atoms with van der Waals surface area (Å²) in [5, 5.41) is 0.653. The lowest BCUT2D eigenvalue weighted by atomic mass is 10.1. The number of fused-ring (bicyclic) bond motifs is 1. The lowest BCUT2D eigenvalue weighted by Crippen LogP contribution is -2.25. The van der Waals surface area contributed by atoms with Gasteiger partial charge in [0.1, 0.15) is 0 Å². The van der Waals surface area contributed by atoms with Crippen LogP contribution in [0.2, 0.25) is 0 Å². The van der Waals surface area contributed by atoms with Gasteiger partial charge in [-0.1, -0.05) is 26.3 Å². The number of aromatic nitrogens is 1. The van der Waals surface area contributed by atoms with E-state index in [0.29, 0.717) is 10.9 Å². The SMILES string of the molecule is CC[C@H](C)C/C=C/C(=O)c1nc2c(s1)CN(C)CC2. The molecule has 1 aliphatic heterocycles. The van der Waals surface area contributed by atoms with Crippen LogP contribution in [0.1, 0.15) is 47.1 Å². The van der Waals surface area contributed by atoms with Crippen molar-refractivity contribution in [2.45, 2.75) is 39.7 Å². The number of rotatable bonds is 5. The van der Waals surface area contributed by atoms with Crippen molar-refractivity contribution in [2.75, 3.05) is 13.6 Å². The van der Waals surface area contributed by atoms with Crippen LogP contribution in [0, 0.1) is 5.92 Å². The highest BCUT2D eigenvalue weighted by molar-refractivity contribution is 7.13. The fourth-order valence-corrected chi connectivity index (χ4v) is 3.18. The summed E-state index contributed by atoms with van der Waals surface area (Å²) in [6.07, 6.45) is 6.77. The molecule has 0 saturated carbocycles. The van der Waals surface area contributed by atoms with Crippen LogP contribution in [0.25, 0.3) is 0 Å². The zero-order valence-electron chi connectivity index (χ0n) is 12.0. The first-order valence-corrected chi connectivity index (χ1v) is 7.79. The van der Waals surface area contributed by atoms with Gasteiger partial charge in [0.2, 0.25) is 5.78 Å². The van der Waals surface area contributed by atoms with Crippen molar-refractivity contribution >= 4 is 17.1 Å². The number of hydrogen-bond acceptors (Lipinski definition) is 4. The maximum Gasteiger partial charge on any atom is 0.214 e. The van der Waals surface area contributed by atoms with Crippen molar-refractivity contribution in [3.8, 4) is 0 Å². The van der Waals surface area contributed by atoms with Gasteiger partial charge in [0.15, 0.2) is 5.01 Å². The summed E-state index contributed by atoms with van der Waals surface area (Å²) in [6, 6.07) is 0. The van der Waals surface area contributed by atoms with Crippen LogP contribution in [-0.2, 0) is 13.0 Å². The number of carbonyl (C=O) groups is 1. The van der Waals surface area contributed by atoms with Gasteiger partial charge in [-0.3, -0.25) is 4.79 Å². The summed E-state index contributed by atoms with van der Waals surface area (Å²) in [6.45, 7) is 6.34. The Morgan fingerprint density at radius 2 is 2.37 bits per heavy atom. The van der Waals surface area contributed by atoms with Crippen LogP contribution < -0.4 is 0 Å². The molecule has 0 N–H and O–H groups in total. The van der Waals surface area contributed by atoms with Gasteiger partial charge in [-0.15, -0.1) is 11.3 Å². The fraction of sp³-hybridized carbons (Fsp3) is 0.600. The highest BCUT2D eigenvalue weighted by atomic mass is 32.1. The molecule has 1 aromatic rings. The van der Waals surface area contributed by atoms with Gasteiger partial charge < -0.3 is 4.90 Å². The Kier molecular flexibility index (Phi) is 4.88. The number of thiazole rings is 1. The number of likely N-dealkylation sites (N-methyl/N-ethyl adjacent to an activating group) is 1. The molecule has 1 aliphatic rings. The highest BCUT2D eigenvalue weighted by Gasteiger charge is 2.20. The monoisotopic (exact) mass is 278 g/mol. The summed E-state index contributed by atoms with van der Waals surface area (Å²) in [5.41, 5.74) is 1.13. The summed E-state index contributed by atoms with van der Waals surface area (Å²) >= 11 is 1.56. The molecule has 0 aromatic carbocycles. The first-order chi connectivity index (χ1) is 9.10. The Bertz CT molecular complexity index is 478. The van der Waals surface area contributed by atoms with Crippen molar-refractivity contribution in [3.05, 3.63) is 27.7 Å². The summed E-state index contributed by atoms with van der Waals surface area (Å²) in [5.74, 6) is 0.701. The van der Waals surface area contributed by atoms with Gasteiger partial charge in [0, 0.05) is 24.4 Å². The fourth-order valence-electron chi connectivity index (χ4n) is 2.07. The van der Waals surface area contributed by atoms with E-state index in [1.165, 1.54) is 4.88 Å². The largest absolute Gasteiger partial charge is 0.301 e. The smallest absolute Gasteiger partial charge is 0.214 e. The second-order valence-electron chi connectivity index (χ2n) is 5.39. The van der Waals surface area contributed by atoms with Gasteiger partial charge >= 0.3 is 0 Å². The normalized spacial score (nSPS) is 17.6. The van der Waals surface area contributed by atoms with E-state index < -0.39 is 0 Å². The summed E-state index contributed by atoms with van der Waals surface area (Å²) in [7, 11) is 2.11. The lowest BCUT2D eigenvalue weighted by Gasteiger charge is -2.20. The third-order valence-corrected chi connectivity index (χ3v) is 4.73. The molecule has 1 aromatic heterocycles. The topological polar surface area (TPSA) is 33.2 Å². The van der Waals surface area contributed by atoms with E-state index in [9.17, 15) is 4.79 Å². The molecule has 104 valence electrons. The van der Waals surface area contributed by atoms with Gasteiger partial charge in [-0.05, 0) is 25.5 Å². The van der Waals surface area contributed by atoms with E-state index in [0.717, 1.165) is 38.0 Å². The van der Waals surface area contributed by atoms with E-state index in [2.05, 4.69) is 30.8 Å². The van der Waals surface area contributed by atoms with Crippen LogP contribution >= 0.6 is 11.3 Å². The van der Waals surface area contributed by atoms with E-state index in [1.54, 1.807) is 17.4 Å². The molecule has 0 radical (unpaired) electrons. The van der Waals surface area contributed by atoms with E-state index >= 15 is 0 Å². The molecule has 2 rings (SSSR count). The Hall–Kier alpha value is -1.00. The molecular formula is C15H22N2OS. The minimum atomic E-state index is 0.0605. The zero-order valence-corrected chi connectivity index (χ0v) is 12.8. The molecule has 0 fully saturated rings. The molecule has 0 bridgehead atoms. The van der Waals surface area contributed by atoms with Crippen LogP contribution in [-0.4, -0.2) is 29.3 Å². The van der Waals surface area contributed by atoms with Gasteiger partial charge in [-0.25, -0.2) is 4.98 Å². The molecule has 4 heteroatoms. The van der Waals surface area contributed by atoms with Crippen molar-refractivity contribution in [1.29, 1.82) is 0 Å². The van der Waals surface area contributed by atoms with E-state index in [1.807, 2.05) is 6.08 Å². The molecule has 0 unspecified atom stereocenters. The maximum absolute atomic E-state index is 12.1. The second kappa shape index (κ2) is 6.44. The average Bonchev–Trinajstić information content (AvgIpc) is 2.81. The van der Waals surface area contributed by atoms with Crippen LogP contribution in [0.15, 0.2) is 12.2 Å². The van der Waals surface area contributed by atoms with Crippen LogP contribution in [0.4, 0.5) is 0 Å². The molecule has 3 nitrogen and oxygen atoms in total. The van der Waals surface area contributed by atoms with Crippen molar-refractivity contribution in [2.24, 2.45) is 5.92 Å². The number of carbonyl (C=O) groups excluding carboxylic acids is 1. The predicted octanol–water partition coefficient (Wildman–Crippen LogP) is 3.31. The summed E-state index contributed by atoms with van der Waals surface area (Å²) in [4.78, 5) is 20.1. The highest BCUT2D eigenvalue weighted by Crippen LogP contribution is 2.25. The molecule has 19 heavy (non-hydrogen) atoms. The Morgan fingerprint density at radius 1 is 1.58 bits per heavy atom. The first-order valence-electron chi connectivity index (χ1n) is 6.98. The molecule has 2 heterocycles. The Labute approximate surface area is 119 Å². The summed E-state index contributed by atoms with van der Waals surface area (Å²) < 4.78 is 0. The van der Waals surface area contributed by atoms with Gasteiger partial charge in [0.05, 0.1) is 5.69 Å². The van der Waals surface area contributed by atoms with Crippen LogP contribution in [0.3, 0.4) is 0 Å². The number of hydrogen-bond donors (Lipinski definition) is 0. The Balaban J connectivity index is 2.00. The Morgan fingerprint density at radius 3 is 3.11 bits per heavy atom. The molecule has 0 aliphatic carbocycles. The standard InChI is InChI=1S/C15H22N2OS/c1-4-11(2)6-5-7-13(18)15-16-12-8-9-17(3)10-14(12)19-15/h5,7,11H,4,6,8-10H2,1-3H3/b7-5+/t11-/m0/s1. The first kappa shape index (κ1) is 14.4. The van der Waals surface area contributed by atoms with Gasteiger partial charge in [0.25, 0.3) is 0 Å². The maximum atomic E-state index is 12.1. The lowest BCUT2D eigenvalue weighted by molar-refractivity contribution is 0.104. The zero-order chi connectivity index (χ0) is 13.8. The number of nitrogens with zero attached hydrogens (tertiary/aromatic N) is 2. The molecule has 1 atom stereocenters. The minimum absolute atomic E-state index is 0.0605. The minimum Gasteiger partial charge on any atom is -0.301 e. The average molecular weight is 278 g/mol. The van der Waals surface area contributed by atoms with Crippen molar-refractivity contribution in [1.82, 2.24) is 9.88 Å². The quantitative estimate of drug-likeness (QED) is 0.612. The third-order valence-electron chi connectivity index (χ3n) is 3.64. The van der Waals surface area contributed by atoms with E-state index in [4.69, 9.17) is 0 Å². The number of allylic oxidation sites excluding steroid dienone is 2. The molecule has 0 spiro atoms. The molecular weight excluding hydrogens is 256 g/mol. The van der Waals surface area contributed by atoms with Gasteiger partial charge in [-0.2, -0.15) is 0 Å². The third kappa shape index (κ3) is 3.74. The van der Waals surface area contributed by atoms with E-state index in [-0.39, 0.29) is 5.78 Å². The predicted molar refractivity (Wildman–Crippen MR) is 79.7 cm³/mol.